The summed E-state index contributed by atoms with van der Waals surface area (Å²) in [6.07, 6.45) is 0. The lowest BCUT2D eigenvalue weighted by molar-refractivity contribution is 0.483. The van der Waals surface area contributed by atoms with Crippen LogP contribution in [0.3, 0.4) is 0 Å². The summed E-state index contributed by atoms with van der Waals surface area (Å²) < 4.78 is 5.58. The Hall–Kier alpha value is -1.38. The highest BCUT2D eigenvalue weighted by Gasteiger charge is 2.06. The topological polar surface area (TPSA) is 35.2 Å². The molecule has 0 spiro atoms. The highest BCUT2D eigenvalue weighted by atomic mass is 35.5. The van der Waals surface area contributed by atoms with Crippen LogP contribution in [0, 0.1) is 0 Å². The fourth-order valence-electron chi connectivity index (χ4n) is 1.24. The normalized spacial score (nSPS) is 10.1. The number of nitrogens with two attached hydrogens (primary N) is 1. The standard InChI is InChI=1S/C12H9Cl2NO/c13-9-3-1-2-4-11(9)16-12-7-8(15)5-6-10(12)14/h1-7H,15H2. The molecule has 2 aromatic carbocycles. The SMILES string of the molecule is Nc1ccc(Cl)c(Oc2ccccc2Cl)c1. The zero-order valence-corrected chi connectivity index (χ0v) is 9.79. The number of para-hydroxylation sites is 1. The lowest BCUT2D eigenvalue weighted by Gasteiger charge is -2.09. The van der Waals surface area contributed by atoms with Crippen LogP contribution >= 0.6 is 23.2 Å². The Bertz CT molecular complexity index is 514. The third-order valence-corrected chi connectivity index (χ3v) is 2.64. The molecule has 16 heavy (non-hydrogen) atoms. The zero-order valence-electron chi connectivity index (χ0n) is 8.28. The van der Waals surface area contributed by atoms with E-state index in [0.29, 0.717) is 27.2 Å². The van der Waals surface area contributed by atoms with Gasteiger partial charge in [-0.2, -0.15) is 0 Å². The van der Waals surface area contributed by atoms with Crippen LogP contribution in [0.4, 0.5) is 5.69 Å². The summed E-state index contributed by atoms with van der Waals surface area (Å²) in [5.41, 5.74) is 6.24. The van der Waals surface area contributed by atoms with Crippen LogP contribution in [0.25, 0.3) is 0 Å². The number of benzene rings is 2. The van der Waals surface area contributed by atoms with E-state index < -0.39 is 0 Å². The van der Waals surface area contributed by atoms with Crippen molar-refractivity contribution in [2.75, 3.05) is 5.73 Å². The van der Waals surface area contributed by atoms with Crippen molar-refractivity contribution in [3.8, 4) is 11.5 Å². The third-order valence-electron chi connectivity index (χ3n) is 2.01. The van der Waals surface area contributed by atoms with Crippen LogP contribution in [0.1, 0.15) is 0 Å². The fraction of sp³-hybridized carbons (Fsp3) is 0. The smallest absolute Gasteiger partial charge is 0.148 e. The van der Waals surface area contributed by atoms with Crippen molar-refractivity contribution in [3.63, 3.8) is 0 Å². The minimum absolute atomic E-state index is 0.495. The molecule has 0 heterocycles. The van der Waals surface area contributed by atoms with E-state index in [0.717, 1.165) is 0 Å². The summed E-state index contributed by atoms with van der Waals surface area (Å²) in [4.78, 5) is 0. The van der Waals surface area contributed by atoms with E-state index in [2.05, 4.69) is 0 Å². The second kappa shape index (κ2) is 4.64. The molecule has 0 fully saturated rings. The van der Waals surface area contributed by atoms with Gasteiger partial charge in [-0.25, -0.2) is 0 Å². The Labute approximate surface area is 104 Å². The highest BCUT2D eigenvalue weighted by Crippen LogP contribution is 2.34. The zero-order chi connectivity index (χ0) is 11.5. The van der Waals surface area contributed by atoms with Crippen LogP contribution in [-0.4, -0.2) is 0 Å². The van der Waals surface area contributed by atoms with E-state index in [1.165, 1.54) is 0 Å². The fourth-order valence-corrected chi connectivity index (χ4v) is 1.57. The van der Waals surface area contributed by atoms with Crippen molar-refractivity contribution < 1.29 is 4.74 Å². The van der Waals surface area contributed by atoms with Gasteiger partial charge in [0.2, 0.25) is 0 Å². The molecule has 0 radical (unpaired) electrons. The summed E-state index contributed by atoms with van der Waals surface area (Å²) in [7, 11) is 0. The van der Waals surface area contributed by atoms with Gasteiger partial charge in [-0.3, -0.25) is 0 Å². The molecule has 0 aromatic heterocycles. The number of nitrogen functional groups attached to an aromatic ring is 1. The van der Waals surface area contributed by atoms with Crippen LogP contribution in [0.15, 0.2) is 42.5 Å². The van der Waals surface area contributed by atoms with Gasteiger partial charge in [-0.05, 0) is 24.3 Å². The maximum atomic E-state index is 5.97. The molecule has 0 aliphatic heterocycles. The predicted molar refractivity (Wildman–Crippen MR) is 67.4 cm³/mol. The molecule has 0 atom stereocenters. The molecule has 0 saturated carbocycles. The largest absolute Gasteiger partial charge is 0.454 e. The van der Waals surface area contributed by atoms with Gasteiger partial charge in [0.05, 0.1) is 10.0 Å². The van der Waals surface area contributed by atoms with Crippen LogP contribution < -0.4 is 10.5 Å². The summed E-state index contributed by atoms with van der Waals surface area (Å²) in [5, 5.41) is 1.02. The first-order valence-corrected chi connectivity index (χ1v) is 5.40. The maximum absolute atomic E-state index is 5.97. The second-order valence-electron chi connectivity index (χ2n) is 3.22. The van der Waals surface area contributed by atoms with Gasteiger partial charge in [0, 0.05) is 11.8 Å². The van der Waals surface area contributed by atoms with Gasteiger partial charge in [0.15, 0.2) is 0 Å². The molecule has 0 aliphatic rings. The van der Waals surface area contributed by atoms with Gasteiger partial charge >= 0.3 is 0 Å². The number of halogens is 2. The first-order chi connectivity index (χ1) is 7.66. The van der Waals surface area contributed by atoms with Crippen molar-refractivity contribution in [1.29, 1.82) is 0 Å². The molecule has 0 amide bonds. The summed E-state index contributed by atoms with van der Waals surface area (Å²) in [6, 6.07) is 12.2. The number of ether oxygens (including phenoxy) is 1. The third kappa shape index (κ3) is 2.40. The van der Waals surface area contributed by atoms with Crippen LogP contribution in [0.5, 0.6) is 11.5 Å². The Kier molecular flexibility index (Phi) is 3.22. The Balaban J connectivity index is 2.34. The Morgan fingerprint density at radius 2 is 1.56 bits per heavy atom. The first-order valence-electron chi connectivity index (χ1n) is 4.64. The molecule has 0 aliphatic carbocycles. The number of rotatable bonds is 2. The summed E-state index contributed by atoms with van der Waals surface area (Å²) in [5.74, 6) is 1.05. The number of hydrogen-bond acceptors (Lipinski definition) is 2. The molecule has 2 aromatic rings. The maximum Gasteiger partial charge on any atom is 0.148 e. The average Bonchev–Trinajstić information content (AvgIpc) is 2.27. The van der Waals surface area contributed by atoms with Crippen molar-refractivity contribution in [2.24, 2.45) is 0 Å². The average molecular weight is 254 g/mol. The van der Waals surface area contributed by atoms with Gasteiger partial charge in [-0.1, -0.05) is 35.3 Å². The lowest BCUT2D eigenvalue weighted by atomic mass is 10.3. The molecule has 0 bridgehead atoms. The molecule has 2 N–H and O–H groups in total. The van der Waals surface area contributed by atoms with E-state index >= 15 is 0 Å². The molecule has 82 valence electrons. The summed E-state index contributed by atoms with van der Waals surface area (Å²) >= 11 is 11.9. The van der Waals surface area contributed by atoms with Crippen molar-refractivity contribution >= 4 is 28.9 Å². The van der Waals surface area contributed by atoms with E-state index in [9.17, 15) is 0 Å². The predicted octanol–water partition coefficient (Wildman–Crippen LogP) is 4.37. The number of anilines is 1. The van der Waals surface area contributed by atoms with Crippen molar-refractivity contribution in [2.45, 2.75) is 0 Å². The molecule has 0 saturated heterocycles. The van der Waals surface area contributed by atoms with Gasteiger partial charge in [0.25, 0.3) is 0 Å². The van der Waals surface area contributed by atoms with Gasteiger partial charge < -0.3 is 10.5 Å². The minimum atomic E-state index is 0.495. The monoisotopic (exact) mass is 253 g/mol. The molecule has 4 heteroatoms. The molecule has 2 nitrogen and oxygen atoms in total. The highest BCUT2D eigenvalue weighted by molar-refractivity contribution is 6.32. The minimum Gasteiger partial charge on any atom is -0.454 e. The van der Waals surface area contributed by atoms with Crippen LogP contribution in [0.2, 0.25) is 10.0 Å². The molecular weight excluding hydrogens is 245 g/mol. The molecule has 0 unspecified atom stereocenters. The van der Waals surface area contributed by atoms with E-state index in [1.54, 1.807) is 30.3 Å². The van der Waals surface area contributed by atoms with E-state index in [-0.39, 0.29) is 0 Å². The quantitative estimate of drug-likeness (QED) is 0.807. The Morgan fingerprint density at radius 3 is 2.31 bits per heavy atom. The first kappa shape index (κ1) is 11.1. The lowest BCUT2D eigenvalue weighted by Crippen LogP contribution is -1.89. The second-order valence-corrected chi connectivity index (χ2v) is 4.04. The molecular formula is C12H9Cl2NO. The number of hydrogen-bond donors (Lipinski definition) is 1. The van der Waals surface area contributed by atoms with Crippen LogP contribution in [-0.2, 0) is 0 Å². The van der Waals surface area contributed by atoms with E-state index in [4.69, 9.17) is 33.7 Å². The summed E-state index contributed by atoms with van der Waals surface area (Å²) in [6.45, 7) is 0. The van der Waals surface area contributed by atoms with Gasteiger partial charge in [-0.15, -0.1) is 0 Å². The van der Waals surface area contributed by atoms with Crippen molar-refractivity contribution in [3.05, 3.63) is 52.5 Å². The van der Waals surface area contributed by atoms with Crippen molar-refractivity contribution in [1.82, 2.24) is 0 Å². The van der Waals surface area contributed by atoms with E-state index in [1.807, 2.05) is 12.1 Å². The molecule has 2 rings (SSSR count). The Morgan fingerprint density at radius 1 is 0.875 bits per heavy atom. The van der Waals surface area contributed by atoms with Gasteiger partial charge in [0.1, 0.15) is 11.5 Å².